The molecule has 7 heteroatoms. The van der Waals surface area contributed by atoms with Gasteiger partial charge in [0.05, 0.1) is 6.61 Å². The third-order valence-electron chi connectivity index (χ3n) is 3.75. The summed E-state index contributed by atoms with van der Waals surface area (Å²) >= 11 is 7.42. The number of nitrogens with one attached hydrogen (secondary N) is 1. The van der Waals surface area contributed by atoms with E-state index < -0.39 is 5.97 Å². The van der Waals surface area contributed by atoms with Gasteiger partial charge in [-0.25, -0.2) is 4.79 Å². The Hall–Kier alpha value is -2.31. The average Bonchev–Trinajstić information content (AvgIpc) is 3.13. The monoisotopic (exact) mass is 376 g/mol. The lowest BCUT2D eigenvalue weighted by molar-refractivity contribution is -0.116. The van der Waals surface area contributed by atoms with Crippen LogP contribution in [0, 0.1) is 6.92 Å². The first-order valence-electron chi connectivity index (χ1n) is 7.79. The fraction of sp³-hybridized carbons (Fsp3) is 0.222. The third kappa shape index (κ3) is 3.70. The van der Waals surface area contributed by atoms with Crippen molar-refractivity contribution in [1.82, 2.24) is 4.57 Å². The smallest absolute Gasteiger partial charge is 0.355 e. The number of thiophene rings is 1. The number of fused-ring (bicyclic) bond motifs is 1. The van der Waals surface area contributed by atoms with Crippen molar-refractivity contribution in [3.63, 3.8) is 0 Å². The molecule has 1 N–H and O–H groups in total. The van der Waals surface area contributed by atoms with Crippen LogP contribution in [0.5, 0.6) is 0 Å². The topological polar surface area (TPSA) is 60.3 Å². The summed E-state index contributed by atoms with van der Waals surface area (Å²) in [5, 5.41) is 6.33. The van der Waals surface area contributed by atoms with Crippen LogP contribution in [0.1, 0.15) is 23.0 Å². The van der Waals surface area contributed by atoms with Crippen LogP contribution >= 0.6 is 22.9 Å². The summed E-state index contributed by atoms with van der Waals surface area (Å²) in [5.74, 6) is -0.650. The summed E-state index contributed by atoms with van der Waals surface area (Å²) in [7, 11) is 0. The van der Waals surface area contributed by atoms with Gasteiger partial charge in [-0.15, -0.1) is 11.3 Å². The van der Waals surface area contributed by atoms with Crippen LogP contribution in [0.3, 0.4) is 0 Å². The first-order valence-corrected chi connectivity index (χ1v) is 9.05. The summed E-state index contributed by atoms with van der Waals surface area (Å²) in [6.07, 6.45) is 0. The minimum atomic E-state index is -0.429. The van der Waals surface area contributed by atoms with E-state index in [1.54, 1.807) is 35.8 Å². The standard InChI is InChI=1S/C18H17ClN2O3S/c1-3-24-18(23)15-9-12-6-7-25-17(12)21(15)10-16(22)20-14-5-4-13(19)8-11(14)2/h4-9H,3,10H2,1-2H3,(H,20,22). The molecule has 0 fully saturated rings. The largest absolute Gasteiger partial charge is 0.461 e. The number of anilines is 1. The molecule has 0 bridgehead atoms. The van der Waals surface area contributed by atoms with Crippen molar-refractivity contribution in [2.24, 2.45) is 0 Å². The van der Waals surface area contributed by atoms with E-state index in [-0.39, 0.29) is 19.1 Å². The molecule has 0 saturated carbocycles. The normalized spacial score (nSPS) is 10.8. The molecule has 0 unspecified atom stereocenters. The van der Waals surface area contributed by atoms with Crippen LogP contribution in [0.15, 0.2) is 35.7 Å². The second kappa shape index (κ2) is 7.29. The van der Waals surface area contributed by atoms with E-state index in [1.165, 1.54) is 11.3 Å². The summed E-state index contributed by atoms with van der Waals surface area (Å²) in [4.78, 5) is 25.5. The average molecular weight is 377 g/mol. The predicted octanol–water partition coefficient (Wildman–Crippen LogP) is 4.48. The third-order valence-corrected chi connectivity index (χ3v) is 4.94. The molecule has 3 rings (SSSR count). The highest BCUT2D eigenvalue weighted by Gasteiger charge is 2.19. The number of amides is 1. The van der Waals surface area contributed by atoms with Gasteiger partial charge in [-0.1, -0.05) is 11.6 Å². The first kappa shape index (κ1) is 17.5. The molecule has 1 aromatic carbocycles. The quantitative estimate of drug-likeness (QED) is 0.668. The van der Waals surface area contributed by atoms with Gasteiger partial charge in [0.2, 0.25) is 5.91 Å². The highest BCUT2D eigenvalue weighted by atomic mass is 35.5. The number of benzene rings is 1. The van der Waals surface area contributed by atoms with E-state index in [1.807, 2.05) is 18.4 Å². The molecule has 0 aliphatic carbocycles. The minimum absolute atomic E-state index is 0.0280. The van der Waals surface area contributed by atoms with E-state index in [4.69, 9.17) is 16.3 Å². The molecule has 25 heavy (non-hydrogen) atoms. The van der Waals surface area contributed by atoms with Crippen LogP contribution in [0.25, 0.3) is 10.2 Å². The van der Waals surface area contributed by atoms with Crippen molar-refractivity contribution in [3.05, 3.63) is 52.0 Å². The summed E-state index contributed by atoms with van der Waals surface area (Å²) in [6.45, 7) is 3.94. The maximum atomic E-state index is 12.5. The minimum Gasteiger partial charge on any atom is -0.461 e. The zero-order chi connectivity index (χ0) is 18.0. The Morgan fingerprint density at radius 2 is 2.08 bits per heavy atom. The fourth-order valence-electron chi connectivity index (χ4n) is 2.61. The van der Waals surface area contributed by atoms with Crippen molar-refractivity contribution in [2.75, 3.05) is 11.9 Å². The lowest BCUT2D eigenvalue weighted by atomic mass is 10.2. The van der Waals surface area contributed by atoms with Crippen LogP contribution in [0.2, 0.25) is 5.02 Å². The van der Waals surface area contributed by atoms with Crippen molar-refractivity contribution in [2.45, 2.75) is 20.4 Å². The van der Waals surface area contributed by atoms with E-state index >= 15 is 0 Å². The number of carbonyl (C=O) groups excluding carboxylic acids is 2. The number of hydrogen-bond acceptors (Lipinski definition) is 4. The number of rotatable bonds is 5. The lowest BCUT2D eigenvalue weighted by Gasteiger charge is -2.11. The number of carbonyl (C=O) groups is 2. The summed E-state index contributed by atoms with van der Waals surface area (Å²) < 4.78 is 6.79. The molecule has 0 aliphatic heterocycles. The highest BCUT2D eigenvalue weighted by Crippen LogP contribution is 2.26. The first-order chi connectivity index (χ1) is 12.0. The fourth-order valence-corrected chi connectivity index (χ4v) is 3.73. The molecule has 0 atom stereocenters. The number of esters is 1. The number of aryl methyl sites for hydroxylation is 1. The van der Waals surface area contributed by atoms with Crippen LogP contribution in [-0.2, 0) is 16.1 Å². The number of hydrogen-bond donors (Lipinski definition) is 1. The van der Waals surface area contributed by atoms with Crippen LogP contribution in [-0.4, -0.2) is 23.1 Å². The van der Waals surface area contributed by atoms with Crippen LogP contribution in [0.4, 0.5) is 5.69 Å². The molecule has 0 spiro atoms. The zero-order valence-electron chi connectivity index (χ0n) is 13.8. The second-order valence-electron chi connectivity index (χ2n) is 5.52. The van der Waals surface area contributed by atoms with E-state index in [9.17, 15) is 9.59 Å². The molecule has 2 heterocycles. The zero-order valence-corrected chi connectivity index (χ0v) is 15.4. The van der Waals surface area contributed by atoms with Crippen molar-refractivity contribution in [1.29, 1.82) is 0 Å². The molecule has 2 aromatic heterocycles. The molecule has 130 valence electrons. The molecule has 0 radical (unpaired) electrons. The molecule has 3 aromatic rings. The number of aromatic nitrogens is 1. The predicted molar refractivity (Wildman–Crippen MR) is 101 cm³/mol. The van der Waals surface area contributed by atoms with Crippen LogP contribution < -0.4 is 5.32 Å². The Kier molecular flexibility index (Phi) is 5.11. The molecule has 0 saturated heterocycles. The maximum Gasteiger partial charge on any atom is 0.355 e. The molecular weight excluding hydrogens is 360 g/mol. The Bertz CT molecular complexity index is 945. The molecule has 1 amide bonds. The molecular formula is C18H17ClN2O3S. The van der Waals surface area contributed by atoms with Gasteiger partial charge in [0, 0.05) is 16.1 Å². The Morgan fingerprint density at radius 3 is 2.80 bits per heavy atom. The van der Waals surface area contributed by atoms with Crippen molar-refractivity contribution in [3.8, 4) is 0 Å². The number of nitrogens with zero attached hydrogens (tertiary/aromatic N) is 1. The van der Waals surface area contributed by atoms with Gasteiger partial charge in [-0.05, 0) is 55.1 Å². The summed E-state index contributed by atoms with van der Waals surface area (Å²) in [5.41, 5.74) is 1.95. The van der Waals surface area contributed by atoms with E-state index in [0.717, 1.165) is 15.8 Å². The van der Waals surface area contributed by atoms with E-state index in [0.29, 0.717) is 16.4 Å². The Morgan fingerprint density at radius 1 is 1.28 bits per heavy atom. The highest BCUT2D eigenvalue weighted by molar-refractivity contribution is 7.16. The summed E-state index contributed by atoms with van der Waals surface area (Å²) in [6, 6.07) is 8.94. The number of ether oxygens (including phenoxy) is 1. The van der Waals surface area contributed by atoms with Gasteiger partial charge in [-0.3, -0.25) is 4.79 Å². The van der Waals surface area contributed by atoms with E-state index in [2.05, 4.69) is 5.32 Å². The van der Waals surface area contributed by atoms with Gasteiger partial charge in [0.25, 0.3) is 0 Å². The Labute approximate surface area is 154 Å². The van der Waals surface area contributed by atoms with Gasteiger partial charge < -0.3 is 14.6 Å². The Balaban J connectivity index is 1.86. The van der Waals surface area contributed by atoms with Crippen molar-refractivity contribution >= 4 is 50.7 Å². The molecule has 0 aliphatic rings. The van der Waals surface area contributed by atoms with Gasteiger partial charge in [0.15, 0.2) is 0 Å². The van der Waals surface area contributed by atoms with Gasteiger partial charge in [0.1, 0.15) is 17.1 Å². The number of halogens is 1. The van der Waals surface area contributed by atoms with Gasteiger partial charge >= 0.3 is 5.97 Å². The van der Waals surface area contributed by atoms with Gasteiger partial charge in [-0.2, -0.15) is 0 Å². The second-order valence-corrected chi connectivity index (χ2v) is 6.86. The maximum absolute atomic E-state index is 12.5. The lowest BCUT2D eigenvalue weighted by Crippen LogP contribution is -2.22. The SMILES string of the molecule is CCOC(=O)c1cc2ccsc2n1CC(=O)Nc1ccc(Cl)cc1C. The van der Waals surface area contributed by atoms with Crippen molar-refractivity contribution < 1.29 is 14.3 Å². The molecule has 5 nitrogen and oxygen atoms in total.